The van der Waals surface area contributed by atoms with Gasteiger partial charge < -0.3 is 4.74 Å². The molecule has 146 valence electrons. The summed E-state index contributed by atoms with van der Waals surface area (Å²) < 4.78 is 6.41. The number of amides is 1. The zero-order valence-corrected chi connectivity index (χ0v) is 17.5. The van der Waals surface area contributed by atoms with Crippen LogP contribution < -0.4 is 9.64 Å². The maximum absolute atomic E-state index is 13.5. The average molecular weight is 403 g/mol. The fourth-order valence-corrected chi connectivity index (χ4v) is 4.40. The van der Waals surface area contributed by atoms with Crippen LogP contribution in [0.25, 0.3) is 10.2 Å². The Morgan fingerprint density at radius 3 is 2.59 bits per heavy atom. The molecule has 5 heteroatoms. The molecular weight excluding hydrogens is 380 g/mol. The molecule has 4 nitrogen and oxygen atoms in total. The van der Waals surface area contributed by atoms with Crippen LogP contribution in [0.3, 0.4) is 0 Å². The standard InChI is InChI=1S/C24H22N2O2S/c1-16-12-17(2)22-21(13-16)25-24(29-22)26(15-18-8-5-4-6-9-18)23(27)19-10-7-11-20(14-19)28-3/h4-14H,15H2,1-3H3. The third kappa shape index (κ3) is 4.00. The Bertz CT molecular complexity index is 1170. The molecule has 1 aromatic heterocycles. The molecule has 4 rings (SSSR count). The van der Waals surface area contributed by atoms with Crippen LogP contribution in [-0.2, 0) is 6.54 Å². The minimum absolute atomic E-state index is 0.0961. The summed E-state index contributed by atoms with van der Waals surface area (Å²) in [4.78, 5) is 20.0. The van der Waals surface area contributed by atoms with Crippen LogP contribution in [0.2, 0.25) is 0 Å². The summed E-state index contributed by atoms with van der Waals surface area (Å²) in [5.74, 6) is 0.562. The Balaban J connectivity index is 1.79. The number of hydrogen-bond acceptors (Lipinski definition) is 4. The smallest absolute Gasteiger partial charge is 0.260 e. The van der Waals surface area contributed by atoms with Gasteiger partial charge >= 0.3 is 0 Å². The van der Waals surface area contributed by atoms with Gasteiger partial charge in [-0.25, -0.2) is 4.98 Å². The number of aryl methyl sites for hydroxylation is 2. The highest BCUT2D eigenvalue weighted by molar-refractivity contribution is 7.22. The molecular formula is C24H22N2O2S. The van der Waals surface area contributed by atoms with Crippen molar-refractivity contribution in [2.75, 3.05) is 12.0 Å². The maximum Gasteiger partial charge on any atom is 0.260 e. The zero-order chi connectivity index (χ0) is 20.4. The first-order chi connectivity index (χ1) is 14.0. The predicted molar refractivity (Wildman–Crippen MR) is 119 cm³/mol. The number of benzene rings is 3. The van der Waals surface area contributed by atoms with Gasteiger partial charge in [-0.15, -0.1) is 0 Å². The number of rotatable bonds is 5. The SMILES string of the molecule is COc1cccc(C(=O)N(Cc2ccccc2)c2nc3cc(C)cc(C)c3s2)c1. The van der Waals surface area contributed by atoms with Gasteiger partial charge in [0.05, 0.1) is 23.9 Å². The highest BCUT2D eigenvalue weighted by atomic mass is 32.1. The van der Waals surface area contributed by atoms with Crippen molar-refractivity contribution in [3.05, 3.63) is 89.0 Å². The summed E-state index contributed by atoms with van der Waals surface area (Å²) in [7, 11) is 1.60. The van der Waals surface area contributed by atoms with Gasteiger partial charge in [-0.3, -0.25) is 9.69 Å². The van der Waals surface area contributed by atoms with Crippen molar-refractivity contribution < 1.29 is 9.53 Å². The highest BCUT2D eigenvalue weighted by Gasteiger charge is 2.22. The molecule has 0 unspecified atom stereocenters. The molecule has 0 atom stereocenters. The quantitative estimate of drug-likeness (QED) is 0.426. The molecule has 0 N–H and O–H groups in total. The number of ether oxygens (including phenoxy) is 1. The van der Waals surface area contributed by atoms with E-state index in [0.717, 1.165) is 15.8 Å². The summed E-state index contributed by atoms with van der Waals surface area (Å²) in [6, 6.07) is 21.4. The minimum Gasteiger partial charge on any atom is -0.497 e. The number of methoxy groups -OCH3 is 1. The van der Waals surface area contributed by atoms with E-state index in [1.54, 1.807) is 29.4 Å². The second-order valence-electron chi connectivity index (χ2n) is 7.04. The normalized spacial score (nSPS) is 10.9. The highest BCUT2D eigenvalue weighted by Crippen LogP contribution is 2.33. The summed E-state index contributed by atoms with van der Waals surface area (Å²) in [6.07, 6.45) is 0. The van der Waals surface area contributed by atoms with E-state index in [4.69, 9.17) is 9.72 Å². The van der Waals surface area contributed by atoms with Crippen LogP contribution in [0.15, 0.2) is 66.7 Å². The molecule has 1 heterocycles. The van der Waals surface area contributed by atoms with Crippen LogP contribution in [0, 0.1) is 13.8 Å². The van der Waals surface area contributed by atoms with E-state index in [1.165, 1.54) is 11.1 Å². The van der Waals surface area contributed by atoms with E-state index < -0.39 is 0 Å². The Kier molecular flexibility index (Phi) is 5.32. The number of carbonyl (C=O) groups excluding carboxylic acids is 1. The molecule has 1 amide bonds. The van der Waals surface area contributed by atoms with Gasteiger partial charge in [-0.1, -0.05) is 53.8 Å². The fourth-order valence-electron chi connectivity index (χ4n) is 3.38. The third-order valence-corrected chi connectivity index (χ3v) is 6.01. The van der Waals surface area contributed by atoms with Crippen molar-refractivity contribution >= 4 is 32.6 Å². The molecule has 3 aromatic carbocycles. The Hall–Kier alpha value is -3.18. The van der Waals surface area contributed by atoms with Crippen LogP contribution >= 0.6 is 11.3 Å². The number of aromatic nitrogens is 1. The molecule has 29 heavy (non-hydrogen) atoms. The molecule has 0 aliphatic heterocycles. The second kappa shape index (κ2) is 8.05. The Labute approximate surface area is 174 Å². The lowest BCUT2D eigenvalue weighted by Gasteiger charge is -2.20. The number of hydrogen-bond donors (Lipinski definition) is 0. The van der Waals surface area contributed by atoms with Crippen LogP contribution in [0.1, 0.15) is 27.0 Å². The van der Waals surface area contributed by atoms with Crippen LogP contribution in [0.4, 0.5) is 5.13 Å². The van der Waals surface area contributed by atoms with E-state index in [9.17, 15) is 4.79 Å². The molecule has 4 aromatic rings. The molecule has 0 aliphatic rings. The summed E-state index contributed by atoms with van der Waals surface area (Å²) >= 11 is 1.56. The van der Waals surface area contributed by atoms with Crippen molar-refractivity contribution in [3.63, 3.8) is 0 Å². The Morgan fingerprint density at radius 1 is 1.03 bits per heavy atom. The number of nitrogens with zero attached hydrogens (tertiary/aromatic N) is 2. The zero-order valence-electron chi connectivity index (χ0n) is 16.7. The third-order valence-electron chi connectivity index (χ3n) is 4.79. The second-order valence-corrected chi connectivity index (χ2v) is 8.01. The first-order valence-corrected chi connectivity index (χ1v) is 10.2. The first-order valence-electron chi connectivity index (χ1n) is 9.43. The van der Waals surface area contributed by atoms with Gasteiger partial charge in [-0.2, -0.15) is 0 Å². The lowest BCUT2D eigenvalue weighted by Crippen LogP contribution is -2.30. The molecule has 0 radical (unpaired) electrons. The van der Waals surface area contributed by atoms with Crippen molar-refractivity contribution in [1.82, 2.24) is 4.98 Å². The van der Waals surface area contributed by atoms with E-state index in [-0.39, 0.29) is 5.91 Å². The number of fused-ring (bicyclic) bond motifs is 1. The number of carbonyl (C=O) groups is 1. The number of anilines is 1. The molecule has 0 fully saturated rings. The van der Waals surface area contributed by atoms with E-state index in [2.05, 4.69) is 26.0 Å². The largest absolute Gasteiger partial charge is 0.497 e. The molecule has 0 aliphatic carbocycles. The van der Waals surface area contributed by atoms with E-state index in [0.29, 0.717) is 23.0 Å². The summed E-state index contributed by atoms with van der Waals surface area (Å²) in [5.41, 5.74) is 4.90. The predicted octanol–water partition coefficient (Wildman–Crippen LogP) is 5.77. The van der Waals surface area contributed by atoms with Crippen molar-refractivity contribution in [2.24, 2.45) is 0 Å². The lowest BCUT2D eigenvalue weighted by atomic mass is 10.1. The lowest BCUT2D eigenvalue weighted by molar-refractivity contribution is 0.0985. The topological polar surface area (TPSA) is 42.4 Å². The van der Waals surface area contributed by atoms with Gasteiger partial charge in [0.15, 0.2) is 5.13 Å². The van der Waals surface area contributed by atoms with E-state index in [1.807, 2.05) is 48.5 Å². The number of thiazole rings is 1. The average Bonchev–Trinajstić information content (AvgIpc) is 3.16. The summed E-state index contributed by atoms with van der Waals surface area (Å²) in [6.45, 7) is 4.60. The van der Waals surface area contributed by atoms with Gasteiger partial charge in [0.2, 0.25) is 0 Å². The minimum atomic E-state index is -0.0961. The van der Waals surface area contributed by atoms with E-state index >= 15 is 0 Å². The molecule has 0 saturated carbocycles. The van der Waals surface area contributed by atoms with Gasteiger partial charge in [0.1, 0.15) is 5.75 Å². The monoisotopic (exact) mass is 402 g/mol. The van der Waals surface area contributed by atoms with Crippen molar-refractivity contribution in [2.45, 2.75) is 20.4 Å². The van der Waals surface area contributed by atoms with Crippen molar-refractivity contribution in [3.8, 4) is 5.75 Å². The van der Waals surface area contributed by atoms with Gasteiger partial charge in [-0.05, 0) is 54.8 Å². The van der Waals surface area contributed by atoms with Crippen molar-refractivity contribution in [1.29, 1.82) is 0 Å². The van der Waals surface area contributed by atoms with Gasteiger partial charge in [0.25, 0.3) is 5.91 Å². The molecule has 0 spiro atoms. The maximum atomic E-state index is 13.5. The van der Waals surface area contributed by atoms with Crippen LogP contribution in [0.5, 0.6) is 5.75 Å². The van der Waals surface area contributed by atoms with Crippen LogP contribution in [-0.4, -0.2) is 18.0 Å². The fraction of sp³-hybridized carbons (Fsp3) is 0.167. The molecule has 0 saturated heterocycles. The first kappa shape index (κ1) is 19.2. The Morgan fingerprint density at radius 2 is 1.83 bits per heavy atom. The molecule has 0 bridgehead atoms. The van der Waals surface area contributed by atoms with Gasteiger partial charge in [0, 0.05) is 5.56 Å². The summed E-state index contributed by atoms with van der Waals surface area (Å²) in [5, 5.41) is 0.699.